The van der Waals surface area contributed by atoms with Gasteiger partial charge in [0.2, 0.25) is 5.91 Å². The first-order valence-electron chi connectivity index (χ1n) is 9.26. The summed E-state index contributed by atoms with van der Waals surface area (Å²) in [6.07, 6.45) is 11.7. The minimum Gasteiger partial charge on any atom is -0.342 e. The van der Waals surface area contributed by atoms with Crippen molar-refractivity contribution in [3.05, 3.63) is 0 Å². The van der Waals surface area contributed by atoms with E-state index in [1.54, 1.807) is 0 Å². The van der Waals surface area contributed by atoms with Gasteiger partial charge in [-0.1, -0.05) is 25.7 Å². The van der Waals surface area contributed by atoms with E-state index < -0.39 is 0 Å². The predicted molar refractivity (Wildman–Crippen MR) is 90.8 cm³/mol. The maximum atomic E-state index is 12.9. The predicted octanol–water partition coefficient (Wildman–Crippen LogP) is 3.21. The van der Waals surface area contributed by atoms with E-state index in [0.717, 1.165) is 31.3 Å². The zero-order chi connectivity index (χ0) is 14.4. The van der Waals surface area contributed by atoms with Crippen LogP contribution in [0.1, 0.15) is 57.8 Å². The molecule has 0 spiro atoms. The quantitative estimate of drug-likeness (QED) is 0.804. The fraction of sp³-hybridized carbons (Fsp3) is 0.944. The number of carbonyl (C=O) groups excluding carboxylic acids is 1. The molecule has 0 aromatic heterocycles. The Morgan fingerprint density at radius 3 is 2.36 bits per heavy atom. The normalized spacial score (nSPS) is 44.1. The van der Waals surface area contributed by atoms with Crippen molar-refractivity contribution in [2.75, 3.05) is 13.1 Å². The first-order valence-corrected chi connectivity index (χ1v) is 9.26. The number of amides is 1. The number of hydrogen-bond donors (Lipinski definition) is 1. The molecule has 0 aromatic rings. The Kier molecular flexibility index (Phi) is 5.04. The van der Waals surface area contributed by atoms with Crippen molar-refractivity contribution < 1.29 is 4.79 Å². The van der Waals surface area contributed by atoms with Gasteiger partial charge in [-0.15, -0.1) is 12.4 Å². The van der Waals surface area contributed by atoms with Crippen molar-refractivity contribution in [2.24, 2.45) is 35.3 Å². The van der Waals surface area contributed by atoms with Gasteiger partial charge in [0.25, 0.3) is 0 Å². The molecule has 4 aliphatic rings. The molecule has 4 fully saturated rings. The van der Waals surface area contributed by atoms with Crippen LogP contribution in [-0.4, -0.2) is 29.9 Å². The number of likely N-dealkylation sites (tertiary alicyclic amines) is 1. The maximum absolute atomic E-state index is 12.9. The first kappa shape index (κ1) is 16.6. The van der Waals surface area contributed by atoms with Crippen molar-refractivity contribution in [3.63, 3.8) is 0 Å². The van der Waals surface area contributed by atoms with Crippen LogP contribution in [0.25, 0.3) is 0 Å². The minimum absolute atomic E-state index is 0. The van der Waals surface area contributed by atoms with Crippen LogP contribution in [0, 0.1) is 29.6 Å². The lowest BCUT2D eigenvalue weighted by Gasteiger charge is -2.39. The van der Waals surface area contributed by atoms with Crippen molar-refractivity contribution in [1.82, 2.24) is 4.90 Å². The summed E-state index contributed by atoms with van der Waals surface area (Å²) >= 11 is 0. The lowest BCUT2D eigenvalue weighted by atomic mass is 9.67. The van der Waals surface area contributed by atoms with Gasteiger partial charge in [0.15, 0.2) is 0 Å². The number of halogens is 1. The molecule has 1 saturated heterocycles. The molecule has 3 aliphatic carbocycles. The third-order valence-electron chi connectivity index (χ3n) is 7.11. The number of rotatable bonds is 1. The Bertz CT molecular complexity index is 416. The number of nitrogens with zero attached hydrogens (tertiary/aromatic N) is 1. The highest BCUT2D eigenvalue weighted by Crippen LogP contribution is 2.44. The van der Waals surface area contributed by atoms with Gasteiger partial charge < -0.3 is 10.6 Å². The van der Waals surface area contributed by atoms with Crippen LogP contribution in [0.15, 0.2) is 0 Å². The van der Waals surface area contributed by atoms with Gasteiger partial charge in [0.1, 0.15) is 0 Å². The van der Waals surface area contributed by atoms with E-state index in [1.165, 1.54) is 51.4 Å². The summed E-state index contributed by atoms with van der Waals surface area (Å²) in [5.41, 5.74) is 6.21. The van der Waals surface area contributed by atoms with Gasteiger partial charge in [-0.2, -0.15) is 0 Å². The molecule has 0 bridgehead atoms. The SMILES string of the molecule is Cl.NC1CCC2CN(C(=O)C3CCC4CCCCC4C3)CC12. The molecule has 1 amide bonds. The molecule has 1 heterocycles. The Morgan fingerprint density at radius 2 is 1.59 bits per heavy atom. The second kappa shape index (κ2) is 6.68. The largest absolute Gasteiger partial charge is 0.342 e. The average Bonchev–Trinajstić information content (AvgIpc) is 3.08. The number of hydrogen-bond acceptors (Lipinski definition) is 2. The maximum Gasteiger partial charge on any atom is 0.225 e. The third kappa shape index (κ3) is 2.91. The summed E-state index contributed by atoms with van der Waals surface area (Å²) in [5, 5.41) is 0. The van der Waals surface area contributed by atoms with Crippen molar-refractivity contribution >= 4 is 18.3 Å². The van der Waals surface area contributed by atoms with E-state index in [4.69, 9.17) is 5.73 Å². The molecule has 3 nitrogen and oxygen atoms in total. The minimum atomic E-state index is 0. The standard InChI is InChI=1S/C18H30N2O.ClH/c19-17-8-7-15-10-20(11-16(15)17)18(21)14-6-5-12-3-1-2-4-13(12)9-14;/h12-17H,1-11,19H2;1H. The van der Waals surface area contributed by atoms with Gasteiger partial charge in [0.05, 0.1) is 0 Å². The van der Waals surface area contributed by atoms with Gasteiger partial charge in [-0.3, -0.25) is 4.79 Å². The molecular weight excluding hydrogens is 296 g/mol. The smallest absolute Gasteiger partial charge is 0.225 e. The van der Waals surface area contributed by atoms with Crippen molar-refractivity contribution in [2.45, 2.75) is 63.8 Å². The summed E-state index contributed by atoms with van der Waals surface area (Å²) in [6, 6.07) is 0.349. The van der Waals surface area contributed by atoms with Gasteiger partial charge in [-0.25, -0.2) is 0 Å². The molecule has 0 aromatic carbocycles. The molecule has 1 aliphatic heterocycles. The molecular formula is C18H31ClN2O. The van der Waals surface area contributed by atoms with E-state index in [1.807, 2.05) is 0 Å². The van der Waals surface area contributed by atoms with Crippen LogP contribution >= 0.6 is 12.4 Å². The lowest BCUT2D eigenvalue weighted by molar-refractivity contribution is -0.137. The summed E-state index contributed by atoms with van der Waals surface area (Å²) in [7, 11) is 0. The fourth-order valence-corrected chi connectivity index (χ4v) is 5.84. The van der Waals surface area contributed by atoms with Gasteiger partial charge >= 0.3 is 0 Å². The third-order valence-corrected chi connectivity index (χ3v) is 7.11. The molecule has 4 heteroatoms. The Balaban J connectivity index is 0.00000144. The fourth-order valence-electron chi connectivity index (χ4n) is 5.84. The lowest BCUT2D eigenvalue weighted by Crippen LogP contribution is -2.40. The highest BCUT2D eigenvalue weighted by atomic mass is 35.5. The number of carbonyl (C=O) groups is 1. The van der Waals surface area contributed by atoms with Crippen LogP contribution in [0.3, 0.4) is 0 Å². The van der Waals surface area contributed by atoms with Crippen LogP contribution in [0.2, 0.25) is 0 Å². The first-order chi connectivity index (χ1) is 10.2. The molecule has 0 radical (unpaired) electrons. The van der Waals surface area contributed by atoms with Crippen LogP contribution in [0.5, 0.6) is 0 Å². The van der Waals surface area contributed by atoms with E-state index >= 15 is 0 Å². The summed E-state index contributed by atoms with van der Waals surface area (Å²) < 4.78 is 0. The molecule has 126 valence electrons. The molecule has 3 saturated carbocycles. The Labute approximate surface area is 140 Å². The average molecular weight is 327 g/mol. The molecule has 22 heavy (non-hydrogen) atoms. The summed E-state index contributed by atoms with van der Waals surface area (Å²) in [6.45, 7) is 1.96. The van der Waals surface area contributed by atoms with Crippen molar-refractivity contribution in [3.8, 4) is 0 Å². The number of fused-ring (bicyclic) bond motifs is 2. The van der Waals surface area contributed by atoms with Gasteiger partial charge in [0, 0.05) is 25.0 Å². The monoisotopic (exact) mass is 326 g/mol. The van der Waals surface area contributed by atoms with E-state index in [-0.39, 0.29) is 12.4 Å². The van der Waals surface area contributed by atoms with Crippen LogP contribution in [0.4, 0.5) is 0 Å². The highest BCUT2D eigenvalue weighted by molar-refractivity contribution is 5.85. The Morgan fingerprint density at radius 1 is 0.864 bits per heavy atom. The second-order valence-electron chi connectivity index (χ2n) is 8.22. The topological polar surface area (TPSA) is 46.3 Å². The molecule has 6 atom stereocenters. The van der Waals surface area contributed by atoms with Crippen LogP contribution < -0.4 is 5.73 Å². The van der Waals surface area contributed by atoms with E-state index in [0.29, 0.717) is 29.7 Å². The zero-order valence-corrected chi connectivity index (χ0v) is 14.4. The Hall–Kier alpha value is -0.280. The van der Waals surface area contributed by atoms with E-state index in [9.17, 15) is 4.79 Å². The molecule has 6 unspecified atom stereocenters. The highest BCUT2D eigenvalue weighted by Gasteiger charge is 2.44. The number of nitrogens with two attached hydrogens (primary N) is 1. The summed E-state index contributed by atoms with van der Waals surface area (Å²) in [4.78, 5) is 15.1. The molecule has 2 N–H and O–H groups in total. The van der Waals surface area contributed by atoms with E-state index in [2.05, 4.69) is 4.90 Å². The van der Waals surface area contributed by atoms with Crippen LogP contribution in [-0.2, 0) is 4.79 Å². The van der Waals surface area contributed by atoms with Crippen molar-refractivity contribution in [1.29, 1.82) is 0 Å². The van der Waals surface area contributed by atoms with Gasteiger partial charge in [-0.05, 0) is 55.8 Å². The zero-order valence-electron chi connectivity index (χ0n) is 13.6. The molecule has 4 rings (SSSR count). The second-order valence-corrected chi connectivity index (χ2v) is 8.22. The summed E-state index contributed by atoms with van der Waals surface area (Å²) in [5.74, 6) is 3.90.